The highest BCUT2D eigenvalue weighted by Gasteiger charge is 2.18. The lowest BCUT2D eigenvalue weighted by Gasteiger charge is -2.07. The normalized spacial score (nSPS) is 12.1. The lowest BCUT2D eigenvalue weighted by Crippen LogP contribution is -2.13. The summed E-state index contributed by atoms with van der Waals surface area (Å²) >= 11 is 0. The van der Waals surface area contributed by atoms with Gasteiger partial charge in [0.1, 0.15) is 5.78 Å². The molecule has 86 valence electrons. The van der Waals surface area contributed by atoms with Gasteiger partial charge in [0, 0.05) is 24.0 Å². The smallest absolute Gasteiger partial charge is 0.273 e. The van der Waals surface area contributed by atoms with E-state index >= 15 is 0 Å². The number of hydrogen-bond acceptors (Lipinski definition) is 3. The van der Waals surface area contributed by atoms with Crippen molar-refractivity contribution >= 4 is 11.5 Å². The van der Waals surface area contributed by atoms with Gasteiger partial charge in [0.2, 0.25) is 0 Å². The molecule has 0 amide bonds. The van der Waals surface area contributed by atoms with Gasteiger partial charge in [-0.15, -0.1) is 0 Å². The number of ketones is 1. The van der Waals surface area contributed by atoms with Crippen molar-refractivity contribution in [1.29, 1.82) is 0 Å². The minimum Gasteiger partial charge on any atom is -0.299 e. The molecule has 0 aliphatic heterocycles. The van der Waals surface area contributed by atoms with Crippen LogP contribution in [0.15, 0.2) is 24.3 Å². The second-order valence-corrected chi connectivity index (χ2v) is 3.84. The summed E-state index contributed by atoms with van der Waals surface area (Å²) in [5.41, 5.74) is 0.525. The Kier molecular flexibility index (Phi) is 4.17. The molecular weight excluding hydrogens is 206 g/mol. The quantitative estimate of drug-likeness (QED) is 0.567. The molecule has 0 heterocycles. The van der Waals surface area contributed by atoms with Crippen molar-refractivity contribution in [3.63, 3.8) is 0 Å². The molecule has 1 aromatic rings. The lowest BCUT2D eigenvalue weighted by molar-refractivity contribution is -0.385. The van der Waals surface area contributed by atoms with Gasteiger partial charge in [0.05, 0.1) is 4.92 Å². The van der Waals surface area contributed by atoms with Crippen LogP contribution in [0.4, 0.5) is 5.69 Å². The van der Waals surface area contributed by atoms with E-state index in [0.717, 1.165) is 6.42 Å². The average Bonchev–Trinajstić information content (AvgIpc) is 2.28. The molecule has 0 radical (unpaired) electrons. The fraction of sp³-hybridized carbons (Fsp3) is 0.417. The standard InChI is InChI=1S/C12H15NO3/c1-3-9(2)12(14)8-10-6-4-5-7-11(10)13(15)16/h4-7,9H,3,8H2,1-2H3. The summed E-state index contributed by atoms with van der Waals surface area (Å²) < 4.78 is 0. The summed E-state index contributed by atoms with van der Waals surface area (Å²) in [6.07, 6.45) is 0.908. The van der Waals surface area contributed by atoms with E-state index in [9.17, 15) is 14.9 Å². The first-order chi connectivity index (χ1) is 7.56. The number of Topliss-reactive ketones (excluding diaryl/α,β-unsaturated/α-hetero) is 1. The van der Waals surface area contributed by atoms with Gasteiger partial charge in [-0.25, -0.2) is 0 Å². The summed E-state index contributed by atoms with van der Waals surface area (Å²) in [5, 5.41) is 10.7. The van der Waals surface area contributed by atoms with Crippen molar-refractivity contribution in [3.8, 4) is 0 Å². The highest BCUT2D eigenvalue weighted by molar-refractivity contribution is 5.83. The zero-order chi connectivity index (χ0) is 12.1. The van der Waals surface area contributed by atoms with Gasteiger partial charge in [-0.1, -0.05) is 32.0 Å². The number of carbonyl (C=O) groups excluding carboxylic acids is 1. The van der Waals surface area contributed by atoms with Gasteiger partial charge in [-0.05, 0) is 6.42 Å². The molecular formula is C12H15NO3. The Hall–Kier alpha value is -1.71. The van der Waals surface area contributed by atoms with E-state index in [1.165, 1.54) is 6.07 Å². The Morgan fingerprint density at radius 3 is 2.62 bits per heavy atom. The molecule has 0 aliphatic rings. The summed E-state index contributed by atoms with van der Waals surface area (Å²) in [7, 11) is 0. The molecule has 1 aromatic carbocycles. The molecule has 4 nitrogen and oxygen atoms in total. The van der Waals surface area contributed by atoms with E-state index in [1.807, 2.05) is 13.8 Å². The number of nitro benzene ring substituents is 1. The average molecular weight is 221 g/mol. The van der Waals surface area contributed by atoms with Gasteiger partial charge >= 0.3 is 0 Å². The Morgan fingerprint density at radius 1 is 1.44 bits per heavy atom. The first kappa shape index (κ1) is 12.4. The Labute approximate surface area is 94.4 Å². The van der Waals surface area contributed by atoms with Crippen molar-refractivity contribution in [2.75, 3.05) is 0 Å². The van der Waals surface area contributed by atoms with Gasteiger partial charge in [0.25, 0.3) is 5.69 Å². The third kappa shape index (κ3) is 2.89. The Bertz CT molecular complexity index is 401. The van der Waals surface area contributed by atoms with Gasteiger partial charge < -0.3 is 0 Å². The maximum Gasteiger partial charge on any atom is 0.273 e. The molecule has 0 spiro atoms. The van der Waals surface area contributed by atoms with Crippen molar-refractivity contribution < 1.29 is 9.72 Å². The van der Waals surface area contributed by atoms with E-state index < -0.39 is 4.92 Å². The number of hydrogen-bond donors (Lipinski definition) is 0. The molecule has 0 aromatic heterocycles. The summed E-state index contributed by atoms with van der Waals surface area (Å²) in [6.45, 7) is 3.78. The van der Waals surface area contributed by atoms with Crippen LogP contribution < -0.4 is 0 Å². The summed E-state index contributed by atoms with van der Waals surface area (Å²) in [5.74, 6) is 0.0108. The fourth-order valence-corrected chi connectivity index (χ4v) is 1.43. The fourth-order valence-electron chi connectivity index (χ4n) is 1.43. The van der Waals surface area contributed by atoms with Crippen LogP contribution in [0, 0.1) is 16.0 Å². The van der Waals surface area contributed by atoms with Crippen LogP contribution >= 0.6 is 0 Å². The molecule has 1 atom stereocenters. The Morgan fingerprint density at radius 2 is 2.06 bits per heavy atom. The number of para-hydroxylation sites is 1. The summed E-state index contributed by atoms with van der Waals surface area (Å²) in [4.78, 5) is 22.0. The number of rotatable bonds is 5. The van der Waals surface area contributed by atoms with E-state index in [-0.39, 0.29) is 23.8 Å². The minimum atomic E-state index is -0.445. The van der Waals surface area contributed by atoms with Crippen LogP contribution in [0.3, 0.4) is 0 Å². The summed E-state index contributed by atoms with van der Waals surface area (Å²) in [6, 6.07) is 6.39. The molecule has 1 unspecified atom stereocenters. The maximum absolute atomic E-state index is 11.7. The predicted molar refractivity (Wildman–Crippen MR) is 61.3 cm³/mol. The van der Waals surface area contributed by atoms with Gasteiger partial charge in [0.15, 0.2) is 0 Å². The highest BCUT2D eigenvalue weighted by atomic mass is 16.6. The molecule has 0 aliphatic carbocycles. The van der Waals surface area contributed by atoms with Gasteiger partial charge in [-0.2, -0.15) is 0 Å². The van der Waals surface area contributed by atoms with E-state index in [1.54, 1.807) is 18.2 Å². The van der Waals surface area contributed by atoms with E-state index in [0.29, 0.717) is 5.56 Å². The lowest BCUT2D eigenvalue weighted by atomic mass is 9.97. The third-order valence-electron chi connectivity index (χ3n) is 2.72. The van der Waals surface area contributed by atoms with Crippen molar-refractivity contribution in [2.24, 2.45) is 5.92 Å². The van der Waals surface area contributed by atoms with Crippen LogP contribution in [-0.2, 0) is 11.2 Å². The first-order valence-electron chi connectivity index (χ1n) is 5.31. The van der Waals surface area contributed by atoms with Crippen LogP contribution in [0.5, 0.6) is 0 Å². The Balaban J connectivity index is 2.89. The van der Waals surface area contributed by atoms with Crippen LogP contribution in [-0.4, -0.2) is 10.7 Å². The third-order valence-corrected chi connectivity index (χ3v) is 2.72. The SMILES string of the molecule is CCC(C)C(=O)Cc1ccccc1[N+](=O)[O-]. The topological polar surface area (TPSA) is 60.2 Å². The molecule has 16 heavy (non-hydrogen) atoms. The molecule has 0 bridgehead atoms. The molecule has 0 saturated carbocycles. The molecule has 0 fully saturated rings. The zero-order valence-electron chi connectivity index (χ0n) is 9.47. The number of nitro groups is 1. The molecule has 1 rings (SSSR count). The highest BCUT2D eigenvalue weighted by Crippen LogP contribution is 2.19. The molecule has 4 heteroatoms. The van der Waals surface area contributed by atoms with E-state index in [2.05, 4.69) is 0 Å². The predicted octanol–water partition coefficient (Wildman–Crippen LogP) is 2.75. The van der Waals surface area contributed by atoms with Crippen LogP contribution in [0.2, 0.25) is 0 Å². The zero-order valence-corrected chi connectivity index (χ0v) is 9.47. The largest absolute Gasteiger partial charge is 0.299 e. The maximum atomic E-state index is 11.7. The first-order valence-corrected chi connectivity index (χ1v) is 5.31. The molecule has 0 saturated heterocycles. The monoisotopic (exact) mass is 221 g/mol. The van der Waals surface area contributed by atoms with Gasteiger partial charge in [-0.3, -0.25) is 14.9 Å². The van der Waals surface area contributed by atoms with E-state index in [4.69, 9.17) is 0 Å². The minimum absolute atomic E-state index is 0.0270. The van der Waals surface area contributed by atoms with Crippen molar-refractivity contribution in [3.05, 3.63) is 39.9 Å². The van der Waals surface area contributed by atoms with Crippen molar-refractivity contribution in [2.45, 2.75) is 26.7 Å². The number of nitrogens with zero attached hydrogens (tertiary/aromatic N) is 1. The van der Waals surface area contributed by atoms with Crippen molar-refractivity contribution in [1.82, 2.24) is 0 Å². The van der Waals surface area contributed by atoms with Crippen LogP contribution in [0.25, 0.3) is 0 Å². The van der Waals surface area contributed by atoms with Crippen LogP contribution in [0.1, 0.15) is 25.8 Å². The molecule has 0 N–H and O–H groups in total. The second kappa shape index (κ2) is 5.39. The number of carbonyl (C=O) groups is 1. The second-order valence-electron chi connectivity index (χ2n) is 3.84. The number of benzene rings is 1.